The Hall–Kier alpha value is -8.01. The Morgan fingerprint density at radius 3 is 1.05 bits per heavy atom. The SMILES string of the molecule is c1ccc(-c2nc(-c3ccc(-c4c(-c5ccccc5)c(-c5ccccc5)nc(-c5ccccc5)c4-c4ccccc4)cc3)cc(-c3ccccc3-c3ccccc3)n2)cc1. The molecular formula is C57H39N3. The van der Waals surface area contributed by atoms with E-state index in [2.05, 4.69) is 218 Å². The summed E-state index contributed by atoms with van der Waals surface area (Å²) >= 11 is 0. The fraction of sp³-hybridized carbons (Fsp3) is 0. The minimum Gasteiger partial charge on any atom is -0.246 e. The van der Waals surface area contributed by atoms with Crippen LogP contribution in [0.2, 0.25) is 0 Å². The molecule has 10 rings (SSSR count). The predicted molar refractivity (Wildman–Crippen MR) is 249 cm³/mol. The zero-order valence-corrected chi connectivity index (χ0v) is 32.9. The minimum absolute atomic E-state index is 0.682. The Bertz CT molecular complexity index is 2920. The molecule has 0 aliphatic heterocycles. The van der Waals surface area contributed by atoms with Gasteiger partial charge in [-0.05, 0) is 33.9 Å². The quantitative estimate of drug-likeness (QED) is 0.147. The van der Waals surface area contributed by atoms with Crippen LogP contribution in [0.15, 0.2) is 237 Å². The van der Waals surface area contributed by atoms with Crippen molar-refractivity contribution >= 4 is 0 Å². The molecule has 0 radical (unpaired) electrons. The maximum absolute atomic E-state index is 5.61. The van der Waals surface area contributed by atoms with Crippen molar-refractivity contribution in [2.45, 2.75) is 0 Å². The highest BCUT2D eigenvalue weighted by Crippen LogP contribution is 2.49. The average molecular weight is 766 g/mol. The Balaban J connectivity index is 1.21. The van der Waals surface area contributed by atoms with Gasteiger partial charge in [0.1, 0.15) is 0 Å². The van der Waals surface area contributed by atoms with Crippen LogP contribution < -0.4 is 0 Å². The summed E-state index contributed by atoms with van der Waals surface area (Å²) in [5, 5.41) is 0. The molecule has 0 N–H and O–H groups in total. The van der Waals surface area contributed by atoms with Crippen LogP contribution in [0.25, 0.3) is 101 Å². The second-order valence-corrected chi connectivity index (χ2v) is 14.7. The van der Waals surface area contributed by atoms with Crippen LogP contribution >= 0.6 is 0 Å². The van der Waals surface area contributed by atoms with Crippen LogP contribution in [0, 0.1) is 0 Å². The van der Waals surface area contributed by atoms with Gasteiger partial charge >= 0.3 is 0 Å². The first kappa shape index (κ1) is 36.3. The van der Waals surface area contributed by atoms with E-state index in [1.807, 2.05) is 18.2 Å². The summed E-state index contributed by atoms with van der Waals surface area (Å²) in [6.45, 7) is 0. The van der Waals surface area contributed by atoms with Crippen LogP contribution in [-0.2, 0) is 0 Å². The molecule has 3 nitrogen and oxygen atoms in total. The van der Waals surface area contributed by atoms with E-state index >= 15 is 0 Å². The van der Waals surface area contributed by atoms with Gasteiger partial charge in [0, 0.05) is 44.5 Å². The minimum atomic E-state index is 0.682. The molecule has 0 spiro atoms. The maximum atomic E-state index is 5.61. The lowest BCUT2D eigenvalue weighted by atomic mass is 9.83. The Kier molecular flexibility index (Phi) is 9.97. The van der Waals surface area contributed by atoms with E-state index < -0.39 is 0 Å². The molecular weight excluding hydrogens is 727 g/mol. The van der Waals surface area contributed by atoms with E-state index in [4.69, 9.17) is 15.0 Å². The van der Waals surface area contributed by atoms with E-state index in [0.29, 0.717) is 5.82 Å². The Morgan fingerprint density at radius 1 is 0.217 bits per heavy atom. The fourth-order valence-corrected chi connectivity index (χ4v) is 8.09. The van der Waals surface area contributed by atoms with Crippen molar-refractivity contribution in [3.05, 3.63) is 237 Å². The molecule has 0 saturated heterocycles. The molecule has 0 aliphatic rings. The second kappa shape index (κ2) is 16.5. The first-order chi connectivity index (χ1) is 29.8. The molecule has 0 bridgehead atoms. The van der Waals surface area contributed by atoms with Crippen molar-refractivity contribution in [3.8, 4) is 101 Å². The second-order valence-electron chi connectivity index (χ2n) is 14.7. The molecule has 60 heavy (non-hydrogen) atoms. The predicted octanol–water partition coefficient (Wildman–Crippen LogP) is 14.9. The van der Waals surface area contributed by atoms with Gasteiger partial charge in [-0.1, -0.05) is 231 Å². The molecule has 282 valence electrons. The first-order valence-corrected chi connectivity index (χ1v) is 20.3. The summed E-state index contributed by atoms with van der Waals surface area (Å²) < 4.78 is 0. The van der Waals surface area contributed by atoms with Gasteiger partial charge in [-0.25, -0.2) is 15.0 Å². The van der Waals surface area contributed by atoms with Gasteiger partial charge in [0.05, 0.1) is 22.8 Å². The maximum Gasteiger partial charge on any atom is 0.160 e. The average Bonchev–Trinajstić information content (AvgIpc) is 3.35. The first-order valence-electron chi connectivity index (χ1n) is 20.3. The van der Waals surface area contributed by atoms with Crippen molar-refractivity contribution in [1.82, 2.24) is 15.0 Å². The molecule has 0 saturated carbocycles. The molecule has 0 atom stereocenters. The number of rotatable bonds is 9. The standard InChI is InChI=1S/C57H39N3/c1-7-21-40(22-8-1)48-33-19-20-34-49(48)51-39-50(58-57(59-51)47-31-17-6-18-32-47)41-35-37-44(38-36-41)52-53(42-23-9-2-10-24-42)55(45-27-13-4-14-28-45)60-56(46-29-15-5-16-30-46)54(52)43-25-11-3-12-26-43/h1-39H. The van der Waals surface area contributed by atoms with Gasteiger partial charge in [0.2, 0.25) is 0 Å². The molecule has 0 aliphatic carbocycles. The number of hydrogen-bond acceptors (Lipinski definition) is 3. The van der Waals surface area contributed by atoms with Gasteiger partial charge in [-0.15, -0.1) is 0 Å². The smallest absolute Gasteiger partial charge is 0.160 e. The number of pyridine rings is 1. The van der Waals surface area contributed by atoms with Crippen molar-refractivity contribution in [3.63, 3.8) is 0 Å². The van der Waals surface area contributed by atoms with Gasteiger partial charge in [0.15, 0.2) is 5.82 Å². The fourth-order valence-electron chi connectivity index (χ4n) is 8.09. The van der Waals surface area contributed by atoms with Gasteiger partial charge in [-0.2, -0.15) is 0 Å². The molecule has 2 heterocycles. The third-order valence-corrected chi connectivity index (χ3v) is 10.9. The lowest BCUT2D eigenvalue weighted by molar-refractivity contribution is 1.18. The number of aromatic nitrogens is 3. The zero-order valence-electron chi connectivity index (χ0n) is 32.9. The Labute approximate surface area is 351 Å². The van der Waals surface area contributed by atoms with E-state index in [0.717, 1.165) is 95.1 Å². The van der Waals surface area contributed by atoms with E-state index in [1.54, 1.807) is 0 Å². The topological polar surface area (TPSA) is 38.7 Å². The monoisotopic (exact) mass is 765 g/mol. The highest BCUT2D eigenvalue weighted by molar-refractivity contribution is 6.05. The van der Waals surface area contributed by atoms with E-state index in [-0.39, 0.29) is 0 Å². The molecule has 10 aromatic rings. The molecule has 0 unspecified atom stereocenters. The third-order valence-electron chi connectivity index (χ3n) is 10.9. The number of benzene rings is 8. The molecule has 0 amide bonds. The molecule has 0 fully saturated rings. The molecule has 8 aromatic carbocycles. The van der Waals surface area contributed by atoms with Gasteiger partial charge < -0.3 is 0 Å². The van der Waals surface area contributed by atoms with Crippen molar-refractivity contribution in [2.75, 3.05) is 0 Å². The normalized spacial score (nSPS) is 11.0. The van der Waals surface area contributed by atoms with Crippen molar-refractivity contribution in [2.24, 2.45) is 0 Å². The van der Waals surface area contributed by atoms with E-state index in [1.165, 1.54) is 0 Å². The highest BCUT2D eigenvalue weighted by Gasteiger charge is 2.25. The van der Waals surface area contributed by atoms with Crippen LogP contribution in [-0.4, -0.2) is 15.0 Å². The van der Waals surface area contributed by atoms with E-state index in [9.17, 15) is 0 Å². The lowest BCUT2D eigenvalue weighted by Gasteiger charge is -2.23. The van der Waals surface area contributed by atoms with Crippen LogP contribution in [0.3, 0.4) is 0 Å². The number of nitrogens with zero attached hydrogens (tertiary/aromatic N) is 3. The van der Waals surface area contributed by atoms with Crippen LogP contribution in [0.1, 0.15) is 0 Å². The van der Waals surface area contributed by atoms with Crippen molar-refractivity contribution in [1.29, 1.82) is 0 Å². The summed E-state index contributed by atoms with van der Waals surface area (Å²) in [7, 11) is 0. The molecule has 3 heteroatoms. The summed E-state index contributed by atoms with van der Waals surface area (Å²) in [6, 6.07) is 82.7. The highest BCUT2D eigenvalue weighted by atomic mass is 14.9. The van der Waals surface area contributed by atoms with Gasteiger partial charge in [-0.3, -0.25) is 0 Å². The summed E-state index contributed by atoms with van der Waals surface area (Å²) in [5.74, 6) is 0.682. The van der Waals surface area contributed by atoms with Crippen molar-refractivity contribution < 1.29 is 0 Å². The zero-order chi connectivity index (χ0) is 40.1. The Morgan fingerprint density at radius 2 is 0.567 bits per heavy atom. The van der Waals surface area contributed by atoms with Crippen LogP contribution in [0.5, 0.6) is 0 Å². The van der Waals surface area contributed by atoms with Gasteiger partial charge in [0.25, 0.3) is 0 Å². The number of hydrogen-bond donors (Lipinski definition) is 0. The summed E-state index contributed by atoms with van der Waals surface area (Å²) in [4.78, 5) is 16.0. The van der Waals surface area contributed by atoms with Crippen LogP contribution in [0.4, 0.5) is 0 Å². The third kappa shape index (κ3) is 7.21. The molecule has 2 aromatic heterocycles. The summed E-state index contributed by atoms with van der Waals surface area (Å²) in [6.07, 6.45) is 0. The summed E-state index contributed by atoms with van der Waals surface area (Å²) in [5.41, 5.74) is 17.6. The lowest BCUT2D eigenvalue weighted by Crippen LogP contribution is -2.01. The largest absolute Gasteiger partial charge is 0.246 e.